The van der Waals surface area contributed by atoms with Crippen molar-refractivity contribution in [3.8, 4) is 0 Å². The van der Waals surface area contributed by atoms with E-state index in [2.05, 4.69) is 62.6 Å². The second kappa shape index (κ2) is 8.30. The van der Waals surface area contributed by atoms with Gasteiger partial charge in [0, 0.05) is 0 Å². The maximum atomic E-state index is 4.06. The van der Waals surface area contributed by atoms with Gasteiger partial charge in [-0.2, -0.15) is 0 Å². The third-order valence-electron chi connectivity index (χ3n) is 2.79. The molecule has 0 heterocycles. The molecule has 0 saturated heterocycles. The summed E-state index contributed by atoms with van der Waals surface area (Å²) in [5, 5.41) is 0. The smallest absolute Gasteiger partial charge is 0.00975 e. The first-order chi connectivity index (χ1) is 8.74. The van der Waals surface area contributed by atoms with Crippen molar-refractivity contribution >= 4 is 5.57 Å². The lowest BCUT2D eigenvalue weighted by molar-refractivity contribution is 1.05. The van der Waals surface area contributed by atoms with E-state index in [-0.39, 0.29) is 0 Å². The van der Waals surface area contributed by atoms with E-state index in [1.54, 1.807) is 0 Å². The Morgan fingerprint density at radius 3 is 2.56 bits per heavy atom. The Hall–Kier alpha value is -1.82. The third-order valence-corrected chi connectivity index (χ3v) is 2.79. The molecular formula is C18H22. The molecule has 18 heavy (non-hydrogen) atoms. The number of allylic oxidation sites excluding steroid dienone is 6. The van der Waals surface area contributed by atoms with E-state index in [1.165, 1.54) is 11.1 Å². The van der Waals surface area contributed by atoms with Gasteiger partial charge in [0.2, 0.25) is 0 Å². The highest BCUT2D eigenvalue weighted by Crippen LogP contribution is 2.15. The minimum atomic E-state index is 0.908. The molecule has 94 valence electrons. The average molecular weight is 238 g/mol. The summed E-state index contributed by atoms with van der Waals surface area (Å²) >= 11 is 0. The number of unbranched alkanes of at least 4 members (excludes halogenated alkanes) is 1. The van der Waals surface area contributed by atoms with Crippen LogP contribution in [0.25, 0.3) is 5.57 Å². The number of hydrogen-bond acceptors (Lipinski definition) is 0. The van der Waals surface area contributed by atoms with Crippen molar-refractivity contribution in [3.05, 3.63) is 78.9 Å². The van der Waals surface area contributed by atoms with Gasteiger partial charge in [-0.3, -0.25) is 0 Å². The fourth-order valence-corrected chi connectivity index (χ4v) is 1.64. The Bertz CT molecular complexity index is 432. The lowest BCUT2D eigenvalue weighted by Crippen LogP contribution is -1.79. The molecular weight excluding hydrogens is 216 g/mol. The molecule has 0 atom stereocenters. The summed E-state index contributed by atoms with van der Waals surface area (Å²) in [6.07, 6.45) is 11.4. The number of hydrogen-bond donors (Lipinski definition) is 0. The lowest BCUT2D eigenvalue weighted by atomic mass is 10.0. The summed E-state index contributed by atoms with van der Waals surface area (Å²) < 4.78 is 0. The van der Waals surface area contributed by atoms with Gasteiger partial charge in [-0.15, -0.1) is 6.58 Å². The van der Waals surface area contributed by atoms with Crippen LogP contribution in [0.1, 0.15) is 31.7 Å². The zero-order valence-corrected chi connectivity index (χ0v) is 11.2. The zero-order valence-electron chi connectivity index (χ0n) is 11.2. The van der Waals surface area contributed by atoms with Crippen molar-refractivity contribution in [2.75, 3.05) is 0 Å². The van der Waals surface area contributed by atoms with Gasteiger partial charge in [0.1, 0.15) is 0 Å². The molecule has 1 rings (SSSR count). The topological polar surface area (TPSA) is 0 Å². The molecule has 0 aliphatic heterocycles. The van der Waals surface area contributed by atoms with Crippen LogP contribution in [-0.4, -0.2) is 0 Å². The van der Waals surface area contributed by atoms with Crippen LogP contribution in [0.15, 0.2) is 73.4 Å². The molecule has 0 N–H and O–H groups in total. The summed E-state index contributed by atoms with van der Waals surface area (Å²) in [6, 6.07) is 10.4. The second-order valence-corrected chi connectivity index (χ2v) is 4.38. The summed E-state index contributed by atoms with van der Waals surface area (Å²) in [5.41, 5.74) is 3.73. The van der Waals surface area contributed by atoms with Crippen LogP contribution in [-0.2, 0) is 0 Å². The molecule has 0 unspecified atom stereocenters. The highest BCUT2D eigenvalue weighted by Gasteiger charge is 1.93. The number of benzene rings is 1. The van der Waals surface area contributed by atoms with E-state index in [9.17, 15) is 0 Å². The van der Waals surface area contributed by atoms with Crippen LogP contribution >= 0.6 is 0 Å². The second-order valence-electron chi connectivity index (χ2n) is 4.38. The maximum absolute atomic E-state index is 4.06. The standard InChI is InChI=1S/C18H22/c1-4-5-6-8-11-16(2)14-15-17(3)18-12-9-7-10-13-18/h4,7-13,15H,1-2,5-6,14H2,3H3/b11-8-,17-15+. The van der Waals surface area contributed by atoms with Gasteiger partial charge in [-0.1, -0.05) is 66.8 Å². The van der Waals surface area contributed by atoms with Crippen LogP contribution in [0, 0.1) is 0 Å². The van der Waals surface area contributed by atoms with Gasteiger partial charge < -0.3 is 0 Å². The average Bonchev–Trinajstić information content (AvgIpc) is 2.42. The molecule has 0 bridgehead atoms. The van der Waals surface area contributed by atoms with E-state index >= 15 is 0 Å². The van der Waals surface area contributed by atoms with Gasteiger partial charge in [0.15, 0.2) is 0 Å². The number of rotatable bonds is 7. The Kier molecular flexibility index (Phi) is 6.56. The molecule has 0 heteroatoms. The summed E-state index contributed by atoms with van der Waals surface area (Å²) in [7, 11) is 0. The van der Waals surface area contributed by atoms with Crippen molar-refractivity contribution in [2.24, 2.45) is 0 Å². The quantitative estimate of drug-likeness (QED) is 0.331. The molecule has 0 aliphatic rings. The molecule has 0 amide bonds. The SMILES string of the molecule is C=CCC/C=C\C(=C)C/C=C(\C)c1ccccc1. The molecule has 0 spiro atoms. The van der Waals surface area contributed by atoms with E-state index in [4.69, 9.17) is 0 Å². The molecule has 0 nitrogen and oxygen atoms in total. The van der Waals surface area contributed by atoms with Crippen molar-refractivity contribution in [2.45, 2.75) is 26.2 Å². The van der Waals surface area contributed by atoms with Crippen LogP contribution in [0.2, 0.25) is 0 Å². The summed E-state index contributed by atoms with van der Waals surface area (Å²) in [4.78, 5) is 0. The van der Waals surface area contributed by atoms with Crippen molar-refractivity contribution in [3.63, 3.8) is 0 Å². The van der Waals surface area contributed by atoms with Crippen molar-refractivity contribution in [1.29, 1.82) is 0 Å². The first kappa shape index (κ1) is 14.2. The predicted octanol–water partition coefficient (Wildman–Crippen LogP) is 5.56. The Morgan fingerprint density at radius 2 is 1.89 bits per heavy atom. The van der Waals surface area contributed by atoms with Gasteiger partial charge in [-0.25, -0.2) is 0 Å². The zero-order chi connectivity index (χ0) is 13.2. The summed E-state index contributed by atoms with van der Waals surface area (Å²) in [6.45, 7) is 9.91. The third kappa shape index (κ3) is 5.49. The highest BCUT2D eigenvalue weighted by atomic mass is 14.0. The lowest BCUT2D eigenvalue weighted by Gasteiger charge is -2.01. The fourth-order valence-electron chi connectivity index (χ4n) is 1.64. The van der Waals surface area contributed by atoms with Crippen molar-refractivity contribution < 1.29 is 0 Å². The van der Waals surface area contributed by atoms with Crippen LogP contribution in [0.4, 0.5) is 0 Å². The van der Waals surface area contributed by atoms with Gasteiger partial charge in [0.05, 0.1) is 0 Å². The highest BCUT2D eigenvalue weighted by molar-refractivity contribution is 5.63. The minimum absolute atomic E-state index is 0.908. The van der Waals surface area contributed by atoms with E-state index in [0.717, 1.165) is 24.8 Å². The molecule has 0 aliphatic carbocycles. The Morgan fingerprint density at radius 1 is 1.17 bits per heavy atom. The van der Waals surface area contributed by atoms with Gasteiger partial charge in [-0.05, 0) is 37.3 Å². The molecule has 0 aromatic heterocycles. The Labute approximate surface area is 111 Å². The van der Waals surface area contributed by atoms with Crippen molar-refractivity contribution in [1.82, 2.24) is 0 Å². The molecule has 0 fully saturated rings. The van der Waals surface area contributed by atoms with Gasteiger partial charge in [0.25, 0.3) is 0 Å². The largest absolute Gasteiger partial charge is 0.103 e. The van der Waals surface area contributed by atoms with E-state index in [1.807, 2.05) is 12.1 Å². The first-order valence-electron chi connectivity index (χ1n) is 6.41. The fraction of sp³-hybridized carbons (Fsp3) is 0.222. The van der Waals surface area contributed by atoms with Crippen LogP contribution in [0.3, 0.4) is 0 Å². The summed E-state index contributed by atoms with van der Waals surface area (Å²) in [5.74, 6) is 0. The minimum Gasteiger partial charge on any atom is -0.103 e. The normalized spacial score (nSPS) is 11.7. The van der Waals surface area contributed by atoms with Crippen LogP contribution < -0.4 is 0 Å². The molecule has 0 radical (unpaired) electrons. The first-order valence-corrected chi connectivity index (χ1v) is 6.41. The maximum Gasteiger partial charge on any atom is -0.00975 e. The van der Waals surface area contributed by atoms with E-state index < -0.39 is 0 Å². The van der Waals surface area contributed by atoms with Crippen LogP contribution in [0.5, 0.6) is 0 Å². The van der Waals surface area contributed by atoms with E-state index in [0.29, 0.717) is 0 Å². The molecule has 0 saturated carbocycles. The molecule has 1 aromatic rings. The monoisotopic (exact) mass is 238 g/mol. The predicted molar refractivity (Wildman–Crippen MR) is 82.4 cm³/mol. The molecule has 1 aromatic carbocycles. The Balaban J connectivity index is 2.46. The van der Waals surface area contributed by atoms with Gasteiger partial charge >= 0.3 is 0 Å².